The van der Waals surface area contributed by atoms with Crippen LogP contribution in [-0.2, 0) is 7.05 Å². The zero-order valence-corrected chi connectivity index (χ0v) is 12.3. The van der Waals surface area contributed by atoms with Crippen molar-refractivity contribution in [1.29, 1.82) is 0 Å². The van der Waals surface area contributed by atoms with Crippen LogP contribution in [0.25, 0.3) is 0 Å². The molecule has 104 valence electrons. The lowest BCUT2D eigenvalue weighted by atomic mass is 10.2. The number of amides is 1. The summed E-state index contributed by atoms with van der Waals surface area (Å²) in [5, 5.41) is 3.40. The highest BCUT2D eigenvalue weighted by Gasteiger charge is 2.15. The van der Waals surface area contributed by atoms with Gasteiger partial charge in [0.2, 0.25) is 0 Å². The van der Waals surface area contributed by atoms with Gasteiger partial charge >= 0.3 is 0 Å². The van der Waals surface area contributed by atoms with E-state index in [4.69, 9.17) is 11.6 Å². The second kappa shape index (κ2) is 5.51. The van der Waals surface area contributed by atoms with Crippen LogP contribution in [0.15, 0.2) is 30.5 Å². The summed E-state index contributed by atoms with van der Waals surface area (Å²) in [5.41, 5.74) is 2.41. The van der Waals surface area contributed by atoms with Gasteiger partial charge in [0.25, 0.3) is 5.91 Å². The molecule has 0 saturated heterocycles. The fraction of sp³-hybridized carbons (Fsp3) is 0.200. The molecule has 0 aliphatic rings. The summed E-state index contributed by atoms with van der Waals surface area (Å²) in [7, 11) is 1.73. The lowest BCUT2D eigenvalue weighted by molar-refractivity contribution is 0.101. The third kappa shape index (κ3) is 2.75. The number of carbonyl (C=O) groups excluding carboxylic acids is 2. The van der Waals surface area contributed by atoms with Crippen LogP contribution in [0.5, 0.6) is 0 Å². The van der Waals surface area contributed by atoms with E-state index >= 15 is 0 Å². The second-order valence-electron chi connectivity index (χ2n) is 4.65. The molecular formula is C15H15ClN2O2. The zero-order valence-electron chi connectivity index (χ0n) is 11.5. The average molecular weight is 291 g/mol. The molecule has 0 aliphatic carbocycles. The summed E-state index contributed by atoms with van der Waals surface area (Å²) in [5.74, 6) is -0.344. The quantitative estimate of drug-likeness (QED) is 0.880. The molecule has 0 unspecified atom stereocenters. The molecule has 2 rings (SSSR count). The number of halogens is 1. The lowest BCUT2D eigenvalue weighted by Crippen LogP contribution is -2.16. The van der Waals surface area contributed by atoms with Crippen LogP contribution in [0.3, 0.4) is 0 Å². The topological polar surface area (TPSA) is 51.1 Å². The van der Waals surface area contributed by atoms with Crippen LogP contribution >= 0.6 is 11.6 Å². The third-order valence-electron chi connectivity index (χ3n) is 3.16. The standard InChI is InChI=1S/C15H15ClN2O2/c1-9-12(16)5-4-6-13(9)17-15(20)14-7-11(10(2)19)8-18(14)3/h4-8H,1-3H3,(H,17,20). The lowest BCUT2D eigenvalue weighted by Gasteiger charge is -2.09. The van der Waals surface area contributed by atoms with Crippen LogP contribution in [0, 0.1) is 6.92 Å². The van der Waals surface area contributed by atoms with E-state index in [1.807, 2.05) is 6.92 Å². The highest BCUT2D eigenvalue weighted by molar-refractivity contribution is 6.31. The van der Waals surface area contributed by atoms with Crippen molar-refractivity contribution in [3.63, 3.8) is 0 Å². The Balaban J connectivity index is 2.28. The van der Waals surface area contributed by atoms with E-state index in [1.54, 1.807) is 42.1 Å². The van der Waals surface area contributed by atoms with E-state index in [9.17, 15) is 9.59 Å². The first-order chi connectivity index (χ1) is 9.40. The number of hydrogen-bond donors (Lipinski definition) is 1. The van der Waals surface area contributed by atoms with Gasteiger partial charge in [-0.15, -0.1) is 0 Å². The van der Waals surface area contributed by atoms with Gasteiger partial charge in [-0.25, -0.2) is 0 Å². The predicted molar refractivity (Wildman–Crippen MR) is 79.6 cm³/mol. The van der Waals surface area contributed by atoms with Gasteiger partial charge in [0.05, 0.1) is 0 Å². The number of ketones is 1. The Morgan fingerprint density at radius 1 is 1.30 bits per heavy atom. The van der Waals surface area contributed by atoms with E-state index in [-0.39, 0.29) is 11.7 Å². The summed E-state index contributed by atoms with van der Waals surface area (Å²) in [4.78, 5) is 23.6. The molecule has 1 amide bonds. The molecule has 0 spiro atoms. The van der Waals surface area contributed by atoms with E-state index in [0.717, 1.165) is 5.56 Å². The molecule has 1 aromatic heterocycles. The number of rotatable bonds is 3. The van der Waals surface area contributed by atoms with Crippen molar-refractivity contribution in [3.8, 4) is 0 Å². The molecule has 0 atom stereocenters. The van der Waals surface area contributed by atoms with E-state index in [0.29, 0.717) is 22.0 Å². The number of aryl methyl sites for hydroxylation is 1. The first-order valence-electron chi connectivity index (χ1n) is 6.14. The Morgan fingerprint density at radius 3 is 2.60 bits per heavy atom. The molecule has 0 saturated carbocycles. The molecule has 0 radical (unpaired) electrons. The first kappa shape index (κ1) is 14.3. The van der Waals surface area contributed by atoms with Gasteiger partial charge in [-0.3, -0.25) is 9.59 Å². The van der Waals surface area contributed by atoms with Crippen molar-refractivity contribution in [2.45, 2.75) is 13.8 Å². The van der Waals surface area contributed by atoms with Crippen molar-refractivity contribution in [2.24, 2.45) is 7.05 Å². The van der Waals surface area contributed by atoms with Gasteiger partial charge in [-0.2, -0.15) is 0 Å². The number of carbonyl (C=O) groups is 2. The van der Waals surface area contributed by atoms with E-state index in [2.05, 4.69) is 5.32 Å². The van der Waals surface area contributed by atoms with Gasteiger partial charge in [0, 0.05) is 29.5 Å². The number of anilines is 1. The summed E-state index contributed by atoms with van der Waals surface area (Å²) in [6.45, 7) is 3.31. The maximum atomic E-state index is 12.2. The molecule has 0 fully saturated rings. The minimum atomic E-state index is -0.273. The van der Waals surface area contributed by atoms with Crippen molar-refractivity contribution < 1.29 is 9.59 Å². The summed E-state index contributed by atoms with van der Waals surface area (Å²) in [6.07, 6.45) is 1.64. The molecule has 4 nitrogen and oxygen atoms in total. The van der Waals surface area contributed by atoms with Crippen LogP contribution in [0.2, 0.25) is 5.02 Å². The van der Waals surface area contributed by atoms with Gasteiger partial charge in [0.15, 0.2) is 5.78 Å². The Kier molecular flexibility index (Phi) is 3.95. The van der Waals surface area contributed by atoms with E-state index in [1.165, 1.54) is 6.92 Å². The molecular weight excluding hydrogens is 276 g/mol. The monoisotopic (exact) mass is 290 g/mol. The van der Waals surface area contributed by atoms with Crippen molar-refractivity contribution in [1.82, 2.24) is 4.57 Å². The SMILES string of the molecule is CC(=O)c1cc(C(=O)Nc2cccc(Cl)c2C)n(C)c1. The molecule has 0 aliphatic heterocycles. The minimum Gasteiger partial charge on any atom is -0.346 e. The maximum absolute atomic E-state index is 12.2. The number of hydrogen-bond acceptors (Lipinski definition) is 2. The molecule has 2 aromatic rings. The van der Waals surface area contributed by atoms with Crippen LogP contribution < -0.4 is 5.32 Å². The Bertz CT molecular complexity index is 689. The van der Waals surface area contributed by atoms with Crippen molar-refractivity contribution >= 4 is 29.0 Å². The molecule has 1 heterocycles. The second-order valence-corrected chi connectivity index (χ2v) is 5.05. The van der Waals surface area contributed by atoms with Crippen LogP contribution in [0.4, 0.5) is 5.69 Å². The van der Waals surface area contributed by atoms with Gasteiger partial charge in [-0.05, 0) is 37.6 Å². The minimum absolute atomic E-state index is 0.0708. The number of nitrogens with one attached hydrogen (secondary N) is 1. The number of nitrogens with zero attached hydrogens (tertiary/aromatic N) is 1. The first-order valence-corrected chi connectivity index (χ1v) is 6.51. The van der Waals surface area contributed by atoms with Gasteiger partial charge in [-0.1, -0.05) is 17.7 Å². The summed E-state index contributed by atoms with van der Waals surface area (Å²) in [6, 6.07) is 6.91. The number of benzene rings is 1. The fourth-order valence-electron chi connectivity index (χ4n) is 1.91. The Labute approximate surface area is 122 Å². The third-order valence-corrected chi connectivity index (χ3v) is 3.57. The van der Waals surface area contributed by atoms with Crippen LogP contribution in [0.1, 0.15) is 33.3 Å². The summed E-state index contributed by atoms with van der Waals surface area (Å²) < 4.78 is 1.63. The molecule has 1 aromatic carbocycles. The molecule has 0 bridgehead atoms. The Hall–Kier alpha value is -2.07. The summed E-state index contributed by atoms with van der Waals surface area (Å²) >= 11 is 6.02. The molecule has 1 N–H and O–H groups in total. The largest absolute Gasteiger partial charge is 0.346 e. The van der Waals surface area contributed by atoms with Crippen LogP contribution in [-0.4, -0.2) is 16.3 Å². The van der Waals surface area contributed by atoms with Crippen molar-refractivity contribution in [3.05, 3.63) is 52.3 Å². The van der Waals surface area contributed by atoms with E-state index < -0.39 is 0 Å². The van der Waals surface area contributed by atoms with Gasteiger partial charge in [0.1, 0.15) is 5.69 Å². The normalized spacial score (nSPS) is 10.4. The molecule has 20 heavy (non-hydrogen) atoms. The fourth-order valence-corrected chi connectivity index (χ4v) is 2.09. The highest BCUT2D eigenvalue weighted by Crippen LogP contribution is 2.23. The van der Waals surface area contributed by atoms with Crippen molar-refractivity contribution in [2.75, 3.05) is 5.32 Å². The maximum Gasteiger partial charge on any atom is 0.272 e. The molecule has 5 heteroatoms. The van der Waals surface area contributed by atoms with Gasteiger partial charge < -0.3 is 9.88 Å². The smallest absolute Gasteiger partial charge is 0.272 e. The average Bonchev–Trinajstić information content (AvgIpc) is 2.77. The highest BCUT2D eigenvalue weighted by atomic mass is 35.5. The Morgan fingerprint density at radius 2 is 2.00 bits per heavy atom. The number of Topliss-reactive ketones (excluding diaryl/α,β-unsaturated/α-hetero) is 1. The predicted octanol–water partition coefficient (Wildman–Crippen LogP) is 3.44. The number of aromatic nitrogens is 1. The zero-order chi connectivity index (χ0) is 14.9.